The third kappa shape index (κ3) is 2.41. The number of H-pyrrole nitrogens is 1. The Bertz CT molecular complexity index is 587. The number of aromatic nitrogens is 4. The fourth-order valence-corrected chi connectivity index (χ4v) is 1.96. The van der Waals surface area contributed by atoms with Crippen LogP contribution in [0.3, 0.4) is 0 Å². The number of aromatic amines is 1. The summed E-state index contributed by atoms with van der Waals surface area (Å²) in [5, 5.41) is 2.99. The van der Waals surface area contributed by atoms with Crippen molar-refractivity contribution in [2.75, 3.05) is 0 Å². The van der Waals surface area contributed by atoms with Crippen LogP contribution < -0.4 is 5.56 Å². The maximum atomic E-state index is 11.9. The molecule has 0 saturated heterocycles. The van der Waals surface area contributed by atoms with Gasteiger partial charge in [-0.15, -0.1) is 0 Å². The van der Waals surface area contributed by atoms with Gasteiger partial charge in [-0.25, -0.2) is 4.98 Å². The lowest BCUT2D eigenvalue weighted by Gasteiger charge is -1.95. The van der Waals surface area contributed by atoms with E-state index in [0.29, 0.717) is 15.9 Å². The first kappa shape index (κ1) is 12.3. The Hall–Kier alpha value is -1.17. The van der Waals surface area contributed by atoms with Crippen LogP contribution in [0.2, 0.25) is 0 Å². The van der Waals surface area contributed by atoms with Gasteiger partial charge in [-0.2, -0.15) is 9.50 Å². The van der Waals surface area contributed by atoms with Crippen molar-refractivity contribution in [3.8, 4) is 0 Å². The molecule has 0 aliphatic heterocycles. The molecular formula is C11H15BrN4O. The summed E-state index contributed by atoms with van der Waals surface area (Å²) in [4.78, 5) is 20.5. The number of hydrogen-bond donors (Lipinski definition) is 1. The standard InChI is InChI=1S/C11H15BrN4O/c1-3-4-5-6-8-14-11-13-7(2)9(12)10(17)16(11)15-8/h3-6H2,1-2H3,(H,13,14,15). The first-order valence-electron chi connectivity index (χ1n) is 5.77. The second kappa shape index (κ2) is 5.00. The van der Waals surface area contributed by atoms with E-state index in [1.807, 2.05) is 0 Å². The molecule has 2 rings (SSSR count). The molecule has 92 valence electrons. The van der Waals surface area contributed by atoms with Gasteiger partial charge in [-0.3, -0.25) is 9.89 Å². The summed E-state index contributed by atoms with van der Waals surface area (Å²) >= 11 is 3.23. The second-order valence-electron chi connectivity index (χ2n) is 4.08. The molecule has 0 radical (unpaired) electrons. The number of halogens is 1. The van der Waals surface area contributed by atoms with Gasteiger partial charge in [-0.05, 0) is 29.3 Å². The molecule has 0 bridgehead atoms. The first-order chi connectivity index (χ1) is 8.13. The van der Waals surface area contributed by atoms with Crippen molar-refractivity contribution < 1.29 is 0 Å². The Morgan fingerprint density at radius 3 is 2.82 bits per heavy atom. The fourth-order valence-electron chi connectivity index (χ4n) is 1.70. The monoisotopic (exact) mass is 298 g/mol. The van der Waals surface area contributed by atoms with Crippen molar-refractivity contribution in [2.24, 2.45) is 0 Å². The zero-order valence-electron chi connectivity index (χ0n) is 9.96. The van der Waals surface area contributed by atoms with E-state index in [9.17, 15) is 4.79 Å². The molecule has 2 aromatic rings. The lowest BCUT2D eigenvalue weighted by Crippen LogP contribution is -2.17. The molecule has 0 spiro atoms. The van der Waals surface area contributed by atoms with E-state index in [1.54, 1.807) is 6.92 Å². The Morgan fingerprint density at radius 1 is 1.35 bits per heavy atom. The van der Waals surface area contributed by atoms with Crippen molar-refractivity contribution in [3.63, 3.8) is 0 Å². The summed E-state index contributed by atoms with van der Waals surface area (Å²) in [6, 6.07) is 0. The molecule has 17 heavy (non-hydrogen) atoms. The number of fused-ring (bicyclic) bond motifs is 1. The molecule has 6 heteroatoms. The van der Waals surface area contributed by atoms with E-state index in [2.05, 4.69) is 37.9 Å². The summed E-state index contributed by atoms with van der Waals surface area (Å²) in [6.07, 6.45) is 4.27. The molecule has 0 saturated carbocycles. The third-order valence-electron chi connectivity index (χ3n) is 2.67. The van der Waals surface area contributed by atoms with E-state index in [-0.39, 0.29) is 5.56 Å². The quantitative estimate of drug-likeness (QED) is 0.881. The van der Waals surface area contributed by atoms with Gasteiger partial charge in [0.05, 0.1) is 5.69 Å². The van der Waals surface area contributed by atoms with Gasteiger partial charge in [0, 0.05) is 6.42 Å². The number of nitrogens with zero attached hydrogens (tertiary/aromatic N) is 3. The number of hydrogen-bond acceptors (Lipinski definition) is 3. The van der Waals surface area contributed by atoms with Crippen LogP contribution in [-0.2, 0) is 6.42 Å². The van der Waals surface area contributed by atoms with Crippen molar-refractivity contribution in [1.29, 1.82) is 0 Å². The highest BCUT2D eigenvalue weighted by atomic mass is 79.9. The molecule has 0 unspecified atom stereocenters. The van der Waals surface area contributed by atoms with Gasteiger partial charge in [0.15, 0.2) is 0 Å². The van der Waals surface area contributed by atoms with Crippen LogP contribution in [0.15, 0.2) is 9.27 Å². The molecule has 5 nitrogen and oxygen atoms in total. The molecule has 2 heterocycles. The lowest BCUT2D eigenvalue weighted by molar-refractivity contribution is 0.690. The van der Waals surface area contributed by atoms with E-state index < -0.39 is 0 Å². The Labute approximate surface area is 107 Å². The van der Waals surface area contributed by atoms with Crippen LogP contribution in [0.5, 0.6) is 0 Å². The summed E-state index contributed by atoms with van der Waals surface area (Å²) in [7, 11) is 0. The van der Waals surface area contributed by atoms with Gasteiger partial charge in [0.25, 0.3) is 11.3 Å². The Morgan fingerprint density at radius 2 is 2.12 bits per heavy atom. The van der Waals surface area contributed by atoms with Crippen LogP contribution in [0.4, 0.5) is 0 Å². The van der Waals surface area contributed by atoms with E-state index in [4.69, 9.17) is 0 Å². The minimum absolute atomic E-state index is 0.137. The molecular weight excluding hydrogens is 284 g/mol. The van der Waals surface area contributed by atoms with E-state index >= 15 is 0 Å². The summed E-state index contributed by atoms with van der Waals surface area (Å²) in [5.41, 5.74) is 0.531. The van der Waals surface area contributed by atoms with Crippen LogP contribution in [0, 0.1) is 6.92 Å². The summed E-state index contributed by atoms with van der Waals surface area (Å²) in [6.45, 7) is 3.95. The van der Waals surface area contributed by atoms with Crippen LogP contribution >= 0.6 is 15.9 Å². The topological polar surface area (TPSA) is 63.1 Å². The van der Waals surface area contributed by atoms with Crippen molar-refractivity contribution >= 4 is 21.7 Å². The lowest BCUT2D eigenvalue weighted by atomic mass is 10.2. The highest BCUT2D eigenvalue weighted by molar-refractivity contribution is 9.10. The second-order valence-corrected chi connectivity index (χ2v) is 4.87. The van der Waals surface area contributed by atoms with Gasteiger partial charge in [0.1, 0.15) is 10.3 Å². The molecule has 0 aliphatic carbocycles. The van der Waals surface area contributed by atoms with Gasteiger partial charge in [-0.1, -0.05) is 19.8 Å². The van der Waals surface area contributed by atoms with Crippen LogP contribution in [0.25, 0.3) is 5.78 Å². The molecule has 0 aliphatic rings. The molecule has 0 atom stereocenters. The smallest absolute Gasteiger partial charge is 0.275 e. The first-order valence-corrected chi connectivity index (χ1v) is 6.56. The molecule has 0 amide bonds. The van der Waals surface area contributed by atoms with E-state index in [0.717, 1.165) is 18.7 Å². The predicted molar refractivity (Wildman–Crippen MR) is 69.3 cm³/mol. The van der Waals surface area contributed by atoms with Gasteiger partial charge in [0.2, 0.25) is 0 Å². The Balaban J connectivity index is 2.37. The van der Waals surface area contributed by atoms with Crippen molar-refractivity contribution in [1.82, 2.24) is 19.6 Å². The predicted octanol–water partition coefficient (Wildman–Crippen LogP) is 2.22. The summed E-state index contributed by atoms with van der Waals surface area (Å²) < 4.78 is 1.87. The average molecular weight is 299 g/mol. The van der Waals surface area contributed by atoms with Gasteiger partial charge >= 0.3 is 0 Å². The number of aryl methyl sites for hydroxylation is 2. The number of nitrogens with one attached hydrogen (secondary N) is 1. The maximum Gasteiger partial charge on any atom is 0.288 e. The Kier molecular flexibility index (Phi) is 3.61. The van der Waals surface area contributed by atoms with Crippen LogP contribution in [-0.4, -0.2) is 19.6 Å². The van der Waals surface area contributed by atoms with Crippen molar-refractivity contribution in [2.45, 2.75) is 39.5 Å². The normalized spacial score (nSPS) is 11.2. The maximum absolute atomic E-state index is 11.9. The van der Waals surface area contributed by atoms with Crippen molar-refractivity contribution in [3.05, 3.63) is 26.3 Å². The molecule has 2 aromatic heterocycles. The zero-order chi connectivity index (χ0) is 12.4. The SMILES string of the molecule is CCCCCc1nc2nc(C)c(Br)c(=O)n2[nH]1. The third-order valence-corrected chi connectivity index (χ3v) is 3.58. The molecule has 1 N–H and O–H groups in total. The largest absolute Gasteiger partial charge is 0.288 e. The fraction of sp³-hybridized carbons (Fsp3) is 0.545. The number of rotatable bonds is 4. The average Bonchev–Trinajstić information content (AvgIpc) is 2.70. The van der Waals surface area contributed by atoms with Crippen LogP contribution in [0.1, 0.15) is 37.7 Å². The number of unbranched alkanes of at least 4 members (excludes halogenated alkanes) is 2. The minimum Gasteiger partial charge on any atom is -0.275 e. The minimum atomic E-state index is -0.137. The molecule has 0 aromatic carbocycles. The van der Waals surface area contributed by atoms with Gasteiger partial charge < -0.3 is 0 Å². The highest BCUT2D eigenvalue weighted by Crippen LogP contribution is 2.09. The summed E-state index contributed by atoms with van der Waals surface area (Å²) in [5.74, 6) is 1.27. The zero-order valence-corrected chi connectivity index (χ0v) is 11.5. The van der Waals surface area contributed by atoms with E-state index in [1.165, 1.54) is 17.4 Å². The molecule has 0 fully saturated rings. The highest BCUT2D eigenvalue weighted by Gasteiger charge is 2.10.